The van der Waals surface area contributed by atoms with Gasteiger partial charge in [-0.05, 0) is 81.4 Å². The van der Waals surface area contributed by atoms with Gasteiger partial charge in [0.05, 0.1) is 5.60 Å². The minimum atomic E-state index is -0.909. The number of piperidine rings is 1. The zero-order valence-corrected chi connectivity index (χ0v) is 21.5. The number of phenols is 1. The average molecular weight is 468 g/mol. The molecule has 0 amide bonds. The summed E-state index contributed by atoms with van der Waals surface area (Å²) in [4.78, 5) is 2.82. The Labute approximate surface area is 203 Å². The molecule has 7 aliphatic rings. The molecule has 8 rings (SSSR count). The van der Waals surface area contributed by atoms with Crippen LogP contribution in [0.3, 0.4) is 0 Å². The van der Waals surface area contributed by atoms with E-state index in [-0.39, 0.29) is 34.0 Å². The lowest BCUT2D eigenvalue weighted by atomic mass is 9.33. The van der Waals surface area contributed by atoms with Gasteiger partial charge in [0, 0.05) is 42.0 Å². The van der Waals surface area contributed by atoms with Crippen molar-refractivity contribution in [2.24, 2.45) is 22.7 Å². The zero-order valence-electron chi connectivity index (χ0n) is 21.5. The first-order chi connectivity index (χ1) is 16.0. The van der Waals surface area contributed by atoms with Crippen LogP contribution in [0.5, 0.6) is 11.5 Å². The van der Waals surface area contributed by atoms with E-state index in [1.165, 1.54) is 30.5 Å². The Morgan fingerprint density at radius 2 is 1.91 bits per heavy atom. The highest BCUT2D eigenvalue weighted by Gasteiger charge is 2.82. The number of phenolic OH excluding ortho intramolecular Hbond substituents is 1. The second-order valence-electron chi connectivity index (χ2n) is 13.8. The summed E-state index contributed by atoms with van der Waals surface area (Å²) in [5.41, 5.74) is 0.783. The van der Waals surface area contributed by atoms with Crippen molar-refractivity contribution in [3.8, 4) is 11.5 Å². The summed E-state index contributed by atoms with van der Waals surface area (Å²) in [6.45, 7) is 10.8. The van der Waals surface area contributed by atoms with Crippen molar-refractivity contribution in [1.82, 2.24) is 4.90 Å². The predicted molar refractivity (Wildman–Crippen MR) is 130 cm³/mol. The normalized spacial score (nSPS) is 43.9. The molecule has 5 nitrogen and oxygen atoms in total. The van der Waals surface area contributed by atoms with Crippen LogP contribution in [0.1, 0.15) is 77.3 Å². The van der Waals surface area contributed by atoms with Crippen molar-refractivity contribution < 1.29 is 19.7 Å². The van der Waals surface area contributed by atoms with E-state index in [0.29, 0.717) is 11.8 Å². The summed E-state index contributed by atoms with van der Waals surface area (Å²) in [5, 5.41) is 23.2. The molecule has 2 aliphatic heterocycles. The van der Waals surface area contributed by atoms with Crippen LogP contribution >= 0.6 is 0 Å². The van der Waals surface area contributed by atoms with Gasteiger partial charge in [0.2, 0.25) is 0 Å². The number of benzene rings is 1. The van der Waals surface area contributed by atoms with Crippen LogP contribution < -0.4 is 4.74 Å². The van der Waals surface area contributed by atoms with E-state index in [1.807, 2.05) is 20.1 Å². The number of likely N-dealkylation sites (tertiary alicyclic amines) is 1. The van der Waals surface area contributed by atoms with Crippen LogP contribution in [-0.2, 0) is 16.6 Å². The van der Waals surface area contributed by atoms with Crippen molar-refractivity contribution in [2.45, 2.75) is 101 Å². The third kappa shape index (κ3) is 2.25. The summed E-state index contributed by atoms with van der Waals surface area (Å²) >= 11 is 0. The molecular weight excluding hydrogens is 426 g/mol. The lowest BCUT2D eigenvalue weighted by molar-refractivity contribution is -0.312. The van der Waals surface area contributed by atoms with Gasteiger partial charge in [0.25, 0.3) is 0 Å². The summed E-state index contributed by atoms with van der Waals surface area (Å²) in [6.07, 6.45) is 7.64. The molecule has 186 valence electrons. The highest BCUT2D eigenvalue weighted by atomic mass is 16.6. The van der Waals surface area contributed by atoms with Crippen LogP contribution in [-0.4, -0.2) is 58.7 Å². The first kappa shape index (κ1) is 21.9. The number of hydrogen-bond donors (Lipinski definition) is 2. The monoisotopic (exact) mass is 467 g/mol. The van der Waals surface area contributed by atoms with E-state index in [1.54, 1.807) is 0 Å². The predicted octanol–water partition coefficient (Wildman–Crippen LogP) is 4.41. The Hall–Kier alpha value is -1.30. The molecule has 0 aromatic heterocycles. The van der Waals surface area contributed by atoms with Gasteiger partial charge in [-0.1, -0.05) is 26.8 Å². The number of nitrogens with zero attached hydrogens (tertiary/aromatic N) is 1. The third-order valence-electron chi connectivity index (χ3n) is 11.9. The molecule has 1 aromatic carbocycles. The molecule has 1 saturated heterocycles. The summed E-state index contributed by atoms with van der Waals surface area (Å²) in [6, 6.07) is 4.46. The summed E-state index contributed by atoms with van der Waals surface area (Å²) in [5.74, 6) is 1.80. The quantitative estimate of drug-likeness (QED) is 0.687. The second-order valence-corrected chi connectivity index (χ2v) is 13.8. The Bertz CT molecular complexity index is 1060. The number of aliphatic hydroxyl groups is 1. The molecule has 5 heteroatoms. The third-order valence-corrected chi connectivity index (χ3v) is 11.9. The van der Waals surface area contributed by atoms with Gasteiger partial charge in [-0.2, -0.15) is 0 Å². The van der Waals surface area contributed by atoms with E-state index < -0.39 is 11.2 Å². The Kier molecular flexibility index (Phi) is 4.08. The van der Waals surface area contributed by atoms with Gasteiger partial charge >= 0.3 is 0 Å². The highest BCUT2D eigenvalue weighted by molar-refractivity contribution is 5.63. The number of methoxy groups -OCH3 is 1. The Morgan fingerprint density at radius 3 is 2.59 bits per heavy atom. The maximum atomic E-state index is 12.2. The van der Waals surface area contributed by atoms with Gasteiger partial charge in [-0.3, -0.25) is 4.90 Å². The van der Waals surface area contributed by atoms with Gasteiger partial charge in [0.1, 0.15) is 11.7 Å². The second kappa shape index (κ2) is 6.33. The van der Waals surface area contributed by atoms with Crippen molar-refractivity contribution in [1.29, 1.82) is 0 Å². The highest BCUT2D eigenvalue weighted by Crippen LogP contribution is 2.78. The van der Waals surface area contributed by atoms with E-state index in [2.05, 4.69) is 31.7 Å². The lowest BCUT2D eigenvalue weighted by Gasteiger charge is -2.75. The van der Waals surface area contributed by atoms with Gasteiger partial charge in [-0.15, -0.1) is 0 Å². The first-order valence-electron chi connectivity index (χ1n) is 13.6. The topological polar surface area (TPSA) is 62.2 Å². The minimum Gasteiger partial charge on any atom is -0.504 e. The zero-order chi connectivity index (χ0) is 23.9. The summed E-state index contributed by atoms with van der Waals surface area (Å²) in [7, 11) is 1.83. The van der Waals surface area contributed by atoms with Crippen LogP contribution in [0, 0.1) is 22.7 Å². The number of rotatable bonds is 4. The van der Waals surface area contributed by atoms with Crippen molar-refractivity contribution in [3.63, 3.8) is 0 Å². The maximum absolute atomic E-state index is 12.2. The van der Waals surface area contributed by atoms with Crippen molar-refractivity contribution >= 4 is 0 Å². The molecule has 2 heterocycles. The number of fused-ring (bicyclic) bond motifs is 2. The van der Waals surface area contributed by atoms with E-state index >= 15 is 0 Å². The first-order valence-corrected chi connectivity index (χ1v) is 13.6. The van der Waals surface area contributed by atoms with Crippen LogP contribution in [0.25, 0.3) is 0 Å². The molecule has 34 heavy (non-hydrogen) atoms. The van der Waals surface area contributed by atoms with Crippen LogP contribution in [0.15, 0.2) is 12.1 Å². The molecule has 4 saturated carbocycles. The Morgan fingerprint density at radius 1 is 1.15 bits per heavy atom. The van der Waals surface area contributed by atoms with Crippen molar-refractivity contribution in [2.75, 3.05) is 20.2 Å². The smallest absolute Gasteiger partial charge is 0.165 e. The molecule has 7 atom stereocenters. The molecule has 4 bridgehead atoms. The fourth-order valence-corrected chi connectivity index (χ4v) is 9.58. The molecule has 5 aliphatic carbocycles. The number of ether oxygens (including phenoxy) is 2. The van der Waals surface area contributed by atoms with Gasteiger partial charge in [0.15, 0.2) is 11.5 Å². The van der Waals surface area contributed by atoms with Crippen LogP contribution in [0.4, 0.5) is 0 Å². The van der Waals surface area contributed by atoms with Crippen LogP contribution in [0.2, 0.25) is 0 Å². The fourth-order valence-electron chi connectivity index (χ4n) is 9.58. The molecule has 2 unspecified atom stereocenters. The molecule has 2 spiro atoms. The summed E-state index contributed by atoms with van der Waals surface area (Å²) < 4.78 is 13.5. The maximum Gasteiger partial charge on any atom is 0.165 e. The molecule has 0 radical (unpaired) electrons. The Balaban J connectivity index is 1.47. The number of hydrogen-bond acceptors (Lipinski definition) is 5. The minimum absolute atomic E-state index is 0.0294. The largest absolute Gasteiger partial charge is 0.504 e. The van der Waals surface area contributed by atoms with E-state index in [0.717, 1.165) is 44.6 Å². The van der Waals surface area contributed by atoms with E-state index in [9.17, 15) is 10.2 Å². The van der Waals surface area contributed by atoms with Crippen molar-refractivity contribution in [3.05, 3.63) is 23.3 Å². The molecule has 2 N–H and O–H groups in total. The SMILES string of the molecule is COC12CC[C@@]3(C[C@@H]1[C@](C)(O)C(C)(C)C)C1Cc4ccc(O)c5c4[C@@]3(CCN1CC1CC1)[C@H]2O5. The molecule has 5 fully saturated rings. The lowest BCUT2D eigenvalue weighted by Crippen LogP contribution is -2.83. The molecular formula is C29H41NO4. The van der Waals surface area contributed by atoms with E-state index in [4.69, 9.17) is 9.47 Å². The standard InChI is InChI=1S/C29H41NO4/c1-25(2,3)26(4,32)20-15-27-10-11-29(20,33-5)24-28(27)12-13-30(16-17-6-7-17)21(27)14-18-8-9-19(31)23(34-24)22(18)28/h8-9,17,20-21,24,31-32H,6-7,10-16H2,1-5H3/t20-,21?,24-,26+,27-,28+,29?/m1/s1. The van der Waals surface area contributed by atoms with Gasteiger partial charge < -0.3 is 19.7 Å². The average Bonchev–Trinajstić information content (AvgIpc) is 3.53. The number of aromatic hydroxyl groups is 1. The molecule has 1 aromatic rings. The van der Waals surface area contributed by atoms with Gasteiger partial charge in [-0.25, -0.2) is 0 Å². The fraction of sp³-hybridized carbons (Fsp3) is 0.793.